The van der Waals surface area contributed by atoms with Gasteiger partial charge in [0.1, 0.15) is 0 Å². The van der Waals surface area contributed by atoms with E-state index < -0.39 is 0 Å². The minimum Gasteiger partial charge on any atom is -0.394 e. The van der Waals surface area contributed by atoms with Gasteiger partial charge in [-0.3, -0.25) is 4.68 Å². The van der Waals surface area contributed by atoms with E-state index in [9.17, 15) is 0 Å². The molecule has 1 aromatic rings. The Bertz CT molecular complexity index is 259. The van der Waals surface area contributed by atoms with Gasteiger partial charge in [-0.25, -0.2) is 0 Å². The molecule has 4 heteroatoms. The van der Waals surface area contributed by atoms with Gasteiger partial charge in [0, 0.05) is 12.2 Å². The SMILES string of the molecule is CCC(N)C(CO)n1cc(C)cn1. The number of nitrogens with zero attached hydrogens (tertiary/aromatic N) is 2. The minimum atomic E-state index is -0.0984. The van der Waals surface area contributed by atoms with Gasteiger partial charge < -0.3 is 10.8 Å². The molecule has 0 radical (unpaired) electrons. The fraction of sp³-hybridized carbons (Fsp3) is 0.667. The molecule has 0 aliphatic rings. The molecule has 0 fully saturated rings. The van der Waals surface area contributed by atoms with E-state index in [2.05, 4.69) is 5.10 Å². The Hall–Kier alpha value is -0.870. The third-order valence-electron chi connectivity index (χ3n) is 2.22. The summed E-state index contributed by atoms with van der Waals surface area (Å²) in [7, 11) is 0. The van der Waals surface area contributed by atoms with Crippen molar-refractivity contribution in [3.63, 3.8) is 0 Å². The van der Waals surface area contributed by atoms with Gasteiger partial charge in [-0.2, -0.15) is 5.10 Å². The van der Waals surface area contributed by atoms with Crippen molar-refractivity contribution in [1.29, 1.82) is 0 Å². The van der Waals surface area contributed by atoms with Gasteiger partial charge in [0.2, 0.25) is 0 Å². The topological polar surface area (TPSA) is 64.1 Å². The van der Waals surface area contributed by atoms with E-state index in [1.54, 1.807) is 10.9 Å². The van der Waals surface area contributed by atoms with Crippen LogP contribution in [-0.2, 0) is 0 Å². The Morgan fingerprint density at radius 2 is 2.38 bits per heavy atom. The van der Waals surface area contributed by atoms with Crippen LogP contribution in [0, 0.1) is 6.92 Å². The van der Waals surface area contributed by atoms with Crippen LogP contribution in [0.5, 0.6) is 0 Å². The zero-order valence-electron chi connectivity index (χ0n) is 8.14. The standard InChI is InChI=1S/C9H17N3O/c1-3-8(10)9(6-13)12-5-7(2)4-11-12/h4-5,8-9,13H,3,6,10H2,1-2H3. The largest absolute Gasteiger partial charge is 0.394 e. The molecular formula is C9H17N3O. The molecule has 0 saturated heterocycles. The summed E-state index contributed by atoms with van der Waals surface area (Å²) in [5.41, 5.74) is 6.93. The molecule has 1 aromatic heterocycles. The number of nitrogens with two attached hydrogens (primary N) is 1. The summed E-state index contributed by atoms with van der Waals surface area (Å²) >= 11 is 0. The fourth-order valence-corrected chi connectivity index (χ4v) is 1.30. The normalized spacial score (nSPS) is 15.7. The van der Waals surface area contributed by atoms with E-state index >= 15 is 0 Å². The Kier molecular flexibility index (Phi) is 3.45. The van der Waals surface area contributed by atoms with Crippen molar-refractivity contribution >= 4 is 0 Å². The van der Waals surface area contributed by atoms with Crippen molar-refractivity contribution in [3.8, 4) is 0 Å². The maximum Gasteiger partial charge on any atom is 0.0900 e. The van der Waals surface area contributed by atoms with E-state index in [0.717, 1.165) is 12.0 Å². The monoisotopic (exact) mass is 183 g/mol. The lowest BCUT2D eigenvalue weighted by Gasteiger charge is -2.20. The minimum absolute atomic E-state index is 0.0377. The van der Waals surface area contributed by atoms with Crippen molar-refractivity contribution in [1.82, 2.24) is 9.78 Å². The molecule has 3 N–H and O–H groups in total. The van der Waals surface area contributed by atoms with Crippen LogP contribution >= 0.6 is 0 Å². The van der Waals surface area contributed by atoms with Gasteiger partial charge in [0.05, 0.1) is 18.8 Å². The zero-order valence-corrected chi connectivity index (χ0v) is 8.14. The highest BCUT2D eigenvalue weighted by Gasteiger charge is 2.17. The van der Waals surface area contributed by atoms with Crippen LogP contribution in [0.15, 0.2) is 12.4 Å². The van der Waals surface area contributed by atoms with E-state index in [1.165, 1.54) is 0 Å². The lowest BCUT2D eigenvalue weighted by Crippen LogP contribution is -2.34. The van der Waals surface area contributed by atoms with Crippen molar-refractivity contribution in [2.45, 2.75) is 32.4 Å². The summed E-state index contributed by atoms with van der Waals surface area (Å²) in [6.45, 7) is 4.01. The molecule has 0 spiro atoms. The zero-order chi connectivity index (χ0) is 9.84. The molecule has 0 saturated carbocycles. The second-order valence-corrected chi connectivity index (χ2v) is 3.32. The first-order chi connectivity index (χ1) is 6.19. The highest BCUT2D eigenvalue weighted by atomic mass is 16.3. The van der Waals surface area contributed by atoms with Gasteiger partial charge in [0.25, 0.3) is 0 Å². The highest BCUT2D eigenvalue weighted by molar-refractivity contribution is 5.01. The van der Waals surface area contributed by atoms with Crippen LogP contribution < -0.4 is 5.73 Å². The molecule has 0 amide bonds. The van der Waals surface area contributed by atoms with Crippen LogP contribution in [0.2, 0.25) is 0 Å². The van der Waals surface area contributed by atoms with E-state index in [-0.39, 0.29) is 18.7 Å². The quantitative estimate of drug-likeness (QED) is 0.713. The predicted octanol–water partition coefficient (Wildman–Crippen LogP) is 0.462. The predicted molar refractivity (Wildman–Crippen MR) is 51.4 cm³/mol. The molecule has 1 rings (SSSR count). The molecule has 0 aromatic carbocycles. The Morgan fingerprint density at radius 3 is 2.77 bits per heavy atom. The highest BCUT2D eigenvalue weighted by Crippen LogP contribution is 2.11. The number of aliphatic hydroxyl groups is 1. The van der Waals surface area contributed by atoms with Crippen LogP contribution in [-0.4, -0.2) is 27.5 Å². The maximum absolute atomic E-state index is 9.15. The second kappa shape index (κ2) is 4.39. The maximum atomic E-state index is 9.15. The summed E-state index contributed by atoms with van der Waals surface area (Å²) in [6.07, 6.45) is 4.51. The van der Waals surface area contributed by atoms with Crippen molar-refractivity contribution < 1.29 is 5.11 Å². The van der Waals surface area contributed by atoms with Gasteiger partial charge in [-0.1, -0.05) is 6.92 Å². The summed E-state index contributed by atoms with van der Waals surface area (Å²) in [5.74, 6) is 0. The number of aliphatic hydroxyl groups excluding tert-OH is 1. The van der Waals surface area contributed by atoms with Crippen LogP contribution in [0.4, 0.5) is 0 Å². The van der Waals surface area contributed by atoms with Crippen molar-refractivity contribution in [2.24, 2.45) is 5.73 Å². The molecule has 0 aliphatic heterocycles. The van der Waals surface area contributed by atoms with Gasteiger partial charge >= 0.3 is 0 Å². The molecule has 4 nitrogen and oxygen atoms in total. The lowest BCUT2D eigenvalue weighted by molar-refractivity contribution is 0.194. The van der Waals surface area contributed by atoms with Gasteiger partial charge in [-0.15, -0.1) is 0 Å². The molecule has 1 heterocycles. The van der Waals surface area contributed by atoms with E-state index in [4.69, 9.17) is 10.8 Å². The summed E-state index contributed by atoms with van der Waals surface area (Å²) < 4.78 is 1.74. The third kappa shape index (κ3) is 2.29. The summed E-state index contributed by atoms with van der Waals surface area (Å²) in [6, 6.07) is -0.136. The molecule has 13 heavy (non-hydrogen) atoms. The lowest BCUT2D eigenvalue weighted by atomic mass is 10.1. The van der Waals surface area contributed by atoms with Crippen LogP contribution in [0.3, 0.4) is 0 Å². The number of aryl methyl sites for hydroxylation is 1. The van der Waals surface area contributed by atoms with Crippen molar-refractivity contribution in [2.75, 3.05) is 6.61 Å². The molecule has 0 aliphatic carbocycles. The van der Waals surface area contributed by atoms with E-state index in [0.29, 0.717) is 0 Å². The first-order valence-electron chi connectivity index (χ1n) is 4.56. The average Bonchev–Trinajstić information content (AvgIpc) is 2.53. The second-order valence-electron chi connectivity index (χ2n) is 3.32. The smallest absolute Gasteiger partial charge is 0.0900 e. The van der Waals surface area contributed by atoms with Gasteiger partial charge in [-0.05, 0) is 18.9 Å². The molecule has 0 bridgehead atoms. The summed E-state index contributed by atoms with van der Waals surface area (Å²) in [4.78, 5) is 0. The Morgan fingerprint density at radius 1 is 1.69 bits per heavy atom. The number of hydrogen-bond donors (Lipinski definition) is 2. The van der Waals surface area contributed by atoms with Crippen molar-refractivity contribution in [3.05, 3.63) is 18.0 Å². The Labute approximate surface area is 78.4 Å². The average molecular weight is 183 g/mol. The number of rotatable bonds is 4. The first-order valence-corrected chi connectivity index (χ1v) is 4.56. The van der Waals surface area contributed by atoms with Gasteiger partial charge in [0.15, 0.2) is 0 Å². The van der Waals surface area contributed by atoms with Crippen LogP contribution in [0.25, 0.3) is 0 Å². The Balaban J connectivity index is 2.77. The molecule has 2 atom stereocenters. The fourth-order valence-electron chi connectivity index (χ4n) is 1.30. The molecule has 2 unspecified atom stereocenters. The summed E-state index contributed by atoms with van der Waals surface area (Å²) in [5, 5.41) is 13.3. The molecular weight excluding hydrogens is 166 g/mol. The first kappa shape index (κ1) is 10.2. The van der Waals surface area contributed by atoms with E-state index in [1.807, 2.05) is 20.0 Å². The number of hydrogen-bond acceptors (Lipinski definition) is 3. The third-order valence-corrected chi connectivity index (χ3v) is 2.22. The molecule has 74 valence electrons. The van der Waals surface area contributed by atoms with Crippen LogP contribution in [0.1, 0.15) is 24.9 Å². The number of aromatic nitrogens is 2.